The van der Waals surface area contributed by atoms with Crippen LogP contribution in [0.15, 0.2) is 39.3 Å². The molecule has 0 aromatic heterocycles. The Balaban J connectivity index is 1.42. The molecular weight excluding hydrogens is 1040 g/mol. The van der Waals surface area contributed by atoms with Gasteiger partial charge in [-0.25, -0.2) is 0 Å². The second kappa shape index (κ2) is 20.2. The number of benzene rings is 4. The maximum atomic E-state index is 6.75. The van der Waals surface area contributed by atoms with E-state index in [4.69, 9.17) is 37.9 Å². The lowest BCUT2D eigenvalue weighted by molar-refractivity contribution is 0.0960. The van der Waals surface area contributed by atoms with Crippen molar-refractivity contribution in [3.63, 3.8) is 0 Å². The van der Waals surface area contributed by atoms with E-state index < -0.39 is 0 Å². The average Bonchev–Trinajstić information content (AvgIpc) is 3.26. The minimum absolute atomic E-state index is 0.0188. The molecular formula is C52H61Br2IO8. The van der Waals surface area contributed by atoms with Crippen LogP contribution >= 0.6 is 54.5 Å². The number of rotatable bonds is 16. The first-order chi connectivity index (χ1) is 30.9. The van der Waals surface area contributed by atoms with E-state index in [1.807, 2.05) is 0 Å². The Hall–Kier alpha value is -3.03. The topological polar surface area (TPSA) is 73.8 Å². The molecule has 8 bridgehead atoms. The van der Waals surface area contributed by atoms with Gasteiger partial charge in [-0.1, -0.05) is 105 Å². The molecule has 0 amide bonds. The van der Waals surface area contributed by atoms with Gasteiger partial charge in [0.15, 0.2) is 0 Å². The molecule has 4 aromatic carbocycles. The molecule has 1 aliphatic carbocycles. The molecule has 0 N–H and O–H groups in total. The molecule has 9 rings (SSSR count). The summed E-state index contributed by atoms with van der Waals surface area (Å²) in [5.41, 5.74) is 9.34. The maximum absolute atomic E-state index is 6.75. The molecule has 0 radical (unpaired) electrons. The molecule has 0 fully saturated rings. The monoisotopic (exact) mass is 1100 g/mol. The standard InChI is InChI=1S/C52H61Br2IO8/c1-5-9-13-17-30-34-21-35-31(18-14-10-6-2)37-23-39-33(20-16-12-8-4)41-24-40-32(19-15-11-7-3)38-22-36(30)47-44(53)49(38)60-28-62-51(40)46(55)52(41)63-29-61-50(39)45(54)48(37)59-27-57-43(35)25-42(34)56-26-58-47/h21-25,30-33H,5-20,26-29H2,1-4H3. The fourth-order valence-electron chi connectivity index (χ4n) is 10.7. The van der Waals surface area contributed by atoms with Gasteiger partial charge >= 0.3 is 0 Å². The van der Waals surface area contributed by atoms with Gasteiger partial charge in [-0.2, -0.15) is 0 Å². The summed E-state index contributed by atoms with van der Waals surface area (Å²) in [7, 11) is 0. The zero-order chi connectivity index (χ0) is 43.6. The fourth-order valence-corrected chi connectivity index (χ4v) is 13.0. The summed E-state index contributed by atoms with van der Waals surface area (Å²) in [6, 6.07) is 11.9. The summed E-state index contributed by atoms with van der Waals surface area (Å²) in [5, 5.41) is 0. The molecule has 338 valence electrons. The first-order valence-corrected chi connectivity index (χ1v) is 26.3. The van der Waals surface area contributed by atoms with Crippen molar-refractivity contribution in [1.29, 1.82) is 0 Å². The van der Waals surface area contributed by atoms with Gasteiger partial charge in [0.1, 0.15) is 54.9 Å². The Morgan fingerprint density at radius 2 is 0.651 bits per heavy atom. The molecule has 0 saturated carbocycles. The SMILES string of the molecule is CCCCCC1c2cc3c4cc2OCOc2c1cc1c(c2Br)OCOc2c(cc5c(c2I)OCOc2c(cc(c(c2Br)OCO4)C3CCCCC)C5CCCCC)C1CCCCC. The molecule has 0 spiro atoms. The Kier molecular flexibility index (Phi) is 14.5. The van der Waals surface area contributed by atoms with Gasteiger partial charge in [0.25, 0.3) is 0 Å². The van der Waals surface area contributed by atoms with Crippen LogP contribution in [0, 0.1) is 3.57 Å². The fraction of sp³-hybridized carbons (Fsp3) is 0.538. The summed E-state index contributed by atoms with van der Waals surface area (Å²) < 4.78 is 56.2. The molecule has 4 atom stereocenters. The number of hydrogen-bond donors (Lipinski definition) is 0. The van der Waals surface area contributed by atoms with E-state index in [9.17, 15) is 0 Å². The first kappa shape index (κ1) is 45.1. The van der Waals surface area contributed by atoms with Crippen molar-refractivity contribution in [2.75, 3.05) is 27.2 Å². The highest BCUT2D eigenvalue weighted by atomic mass is 127. The van der Waals surface area contributed by atoms with Gasteiger partial charge in [-0.3, -0.25) is 0 Å². The van der Waals surface area contributed by atoms with Gasteiger partial charge < -0.3 is 37.9 Å². The summed E-state index contributed by atoms with van der Waals surface area (Å²) >= 11 is 10.7. The Bertz CT molecular complexity index is 2160. The quantitative estimate of drug-likeness (QED) is 0.0812. The molecule has 0 saturated heterocycles. The minimum atomic E-state index is -0.0250. The van der Waals surface area contributed by atoms with Crippen molar-refractivity contribution >= 4 is 54.5 Å². The maximum Gasteiger partial charge on any atom is 0.231 e. The van der Waals surface area contributed by atoms with Crippen molar-refractivity contribution < 1.29 is 37.9 Å². The summed E-state index contributed by atoms with van der Waals surface area (Å²) in [4.78, 5) is 0. The van der Waals surface area contributed by atoms with E-state index in [0.29, 0.717) is 0 Å². The lowest BCUT2D eigenvalue weighted by Crippen LogP contribution is -2.23. The molecule has 4 aliphatic heterocycles. The van der Waals surface area contributed by atoms with Crippen LogP contribution in [0.4, 0.5) is 0 Å². The number of ether oxygens (including phenoxy) is 8. The lowest BCUT2D eigenvalue weighted by atomic mass is 9.76. The second-order valence-corrected chi connectivity index (χ2v) is 20.5. The van der Waals surface area contributed by atoms with Crippen LogP contribution in [0.3, 0.4) is 0 Å². The molecule has 4 unspecified atom stereocenters. The van der Waals surface area contributed by atoms with E-state index >= 15 is 0 Å². The number of hydrogen-bond acceptors (Lipinski definition) is 8. The van der Waals surface area contributed by atoms with Crippen molar-refractivity contribution in [2.24, 2.45) is 0 Å². The van der Waals surface area contributed by atoms with Crippen LogP contribution < -0.4 is 37.9 Å². The predicted octanol–water partition coefficient (Wildman–Crippen LogP) is 15.9. The van der Waals surface area contributed by atoms with E-state index in [-0.39, 0.29) is 50.8 Å². The largest absolute Gasteiger partial charge is 0.457 e. The van der Waals surface area contributed by atoms with Crippen molar-refractivity contribution in [1.82, 2.24) is 0 Å². The van der Waals surface area contributed by atoms with Crippen molar-refractivity contribution in [3.8, 4) is 46.0 Å². The van der Waals surface area contributed by atoms with Gasteiger partial charge in [0.05, 0.1) is 3.57 Å². The van der Waals surface area contributed by atoms with Crippen LogP contribution in [0.2, 0.25) is 0 Å². The Morgan fingerprint density at radius 3 is 0.984 bits per heavy atom. The first-order valence-electron chi connectivity index (χ1n) is 23.7. The molecule has 4 heterocycles. The van der Waals surface area contributed by atoms with Crippen LogP contribution in [-0.4, -0.2) is 27.2 Å². The zero-order valence-corrected chi connectivity index (χ0v) is 42.6. The normalized spacial score (nSPS) is 19.9. The van der Waals surface area contributed by atoms with Gasteiger partial charge in [-0.05, 0) is 104 Å². The van der Waals surface area contributed by atoms with E-state index in [1.165, 1.54) is 22.3 Å². The Morgan fingerprint density at radius 1 is 0.381 bits per heavy atom. The van der Waals surface area contributed by atoms with E-state index in [2.05, 4.69) is 112 Å². The predicted molar refractivity (Wildman–Crippen MR) is 262 cm³/mol. The van der Waals surface area contributed by atoms with Crippen LogP contribution in [0.25, 0.3) is 0 Å². The molecule has 11 heteroatoms. The number of unbranched alkanes of at least 4 members (excludes halogenated alkanes) is 8. The zero-order valence-electron chi connectivity index (χ0n) is 37.2. The van der Waals surface area contributed by atoms with Gasteiger partial charge in [0.2, 0.25) is 27.2 Å². The van der Waals surface area contributed by atoms with Crippen molar-refractivity contribution in [2.45, 2.75) is 154 Å². The molecule has 4 aromatic rings. The molecule has 63 heavy (non-hydrogen) atoms. The third kappa shape index (κ3) is 8.62. The highest BCUT2D eigenvalue weighted by Gasteiger charge is 2.40. The minimum Gasteiger partial charge on any atom is -0.457 e. The van der Waals surface area contributed by atoms with Crippen LogP contribution in [0.5, 0.6) is 46.0 Å². The average molecular weight is 1100 g/mol. The Labute approximate surface area is 404 Å². The van der Waals surface area contributed by atoms with Crippen LogP contribution in [-0.2, 0) is 0 Å². The summed E-state index contributed by atoms with van der Waals surface area (Å²) in [6.07, 6.45) is 17.0. The smallest absolute Gasteiger partial charge is 0.231 e. The summed E-state index contributed by atoms with van der Waals surface area (Å²) in [5.74, 6) is 6.25. The lowest BCUT2D eigenvalue weighted by Gasteiger charge is -2.36. The molecule has 8 nitrogen and oxygen atoms in total. The van der Waals surface area contributed by atoms with Gasteiger partial charge in [0, 0.05) is 74.2 Å². The van der Waals surface area contributed by atoms with Crippen molar-refractivity contribution in [3.05, 3.63) is 87.4 Å². The van der Waals surface area contributed by atoms with E-state index in [0.717, 1.165) is 183 Å². The molecule has 5 aliphatic rings. The summed E-state index contributed by atoms with van der Waals surface area (Å²) in [6.45, 7) is 9.26. The highest BCUT2D eigenvalue weighted by molar-refractivity contribution is 14.1. The second-order valence-electron chi connectivity index (χ2n) is 17.8. The van der Waals surface area contributed by atoms with E-state index in [1.54, 1.807) is 0 Å². The highest BCUT2D eigenvalue weighted by Crippen LogP contribution is 2.59. The van der Waals surface area contributed by atoms with Crippen LogP contribution in [0.1, 0.15) is 199 Å². The number of halogens is 3. The third-order valence-electron chi connectivity index (χ3n) is 13.9. The third-order valence-corrected chi connectivity index (χ3v) is 16.3. The van der Waals surface area contributed by atoms with Gasteiger partial charge in [-0.15, -0.1) is 0 Å².